The Balaban J connectivity index is 0.728. The standard InChI is InChI=1S/C64H96O25/c1-31-53(86-47-27-40(76-9)54(32(2)80-47)87-48-28-41(77-10)55(33(3)81-48)88-59-52(71)57(78-11)56(34(4)82-59)89-58-51(70)50(69)49(68)42(30-65)84-58)39(75-8)26-46(79-31)83-38-20-21-60(6)37(25-38)19-22-63(73)43(60)29-44(85-45(67)18-17-36-15-13-12-14-16-36)61(7)62(72,35(5)66)23-24-64(61,63)74/h12-19,31-34,38-44,46-59,65,68-74H,20-30H2,1-11H3. The normalized spacial score (nSPS) is 49.3. The Kier molecular flexibility index (Phi) is 21.2. The summed E-state index contributed by atoms with van der Waals surface area (Å²) in [5.74, 6) is -1.86. The van der Waals surface area contributed by atoms with Crippen molar-refractivity contribution in [2.45, 2.75) is 277 Å². The van der Waals surface area contributed by atoms with Gasteiger partial charge in [0.2, 0.25) is 0 Å². The summed E-state index contributed by atoms with van der Waals surface area (Å²) in [5.41, 5.74) is -6.41. The molecule has 5 aliphatic heterocycles. The maximum absolute atomic E-state index is 13.7. The van der Waals surface area contributed by atoms with Crippen LogP contribution in [0.1, 0.15) is 118 Å². The SMILES string of the molecule is COC1CC(OC2CCC3(C)C(=CCC4(O)C3CC(OC(=O)C=Cc3ccccc3)C3(C)C(O)(C(C)=O)CCC43O)C2)OC(C)C1OC1CC(OC)C(OC2CC(OC)C(OC3OC(C)C(OC4OC(CO)C(O)C(O)C4O)C(OC)C3O)C(C)O2)C(C)O1. The Morgan fingerprint density at radius 2 is 1.16 bits per heavy atom. The number of rotatable bonds is 19. The number of aliphatic hydroxyl groups is 8. The first-order valence-corrected chi connectivity index (χ1v) is 31.5. The quantitative estimate of drug-likeness (QED) is 0.0558. The van der Waals surface area contributed by atoms with Gasteiger partial charge in [-0.2, -0.15) is 0 Å². The number of fused-ring (bicyclic) bond motifs is 5. The molecule has 30 unspecified atom stereocenters. The van der Waals surface area contributed by atoms with Crippen molar-refractivity contribution in [1.82, 2.24) is 0 Å². The van der Waals surface area contributed by atoms with Crippen LogP contribution in [0.15, 0.2) is 48.1 Å². The molecule has 5 saturated heterocycles. The molecular weight excluding hydrogens is 1170 g/mol. The van der Waals surface area contributed by atoms with Crippen LogP contribution in [0.3, 0.4) is 0 Å². The van der Waals surface area contributed by atoms with Crippen molar-refractivity contribution < 1.29 is 121 Å². The molecule has 8 fully saturated rings. The minimum atomic E-state index is -2.07. The zero-order valence-corrected chi connectivity index (χ0v) is 52.8. The minimum Gasteiger partial charge on any atom is -0.458 e. The molecule has 0 amide bonds. The molecule has 0 aromatic heterocycles. The van der Waals surface area contributed by atoms with E-state index in [1.54, 1.807) is 41.1 Å². The number of aliphatic hydroxyl groups excluding tert-OH is 5. The molecule has 1 aromatic rings. The maximum Gasteiger partial charge on any atom is 0.331 e. The number of ether oxygens (including phenoxy) is 15. The van der Waals surface area contributed by atoms with Gasteiger partial charge in [0.25, 0.3) is 0 Å². The Morgan fingerprint density at radius 3 is 1.71 bits per heavy atom. The van der Waals surface area contributed by atoms with Gasteiger partial charge in [0.05, 0.1) is 60.9 Å². The number of methoxy groups -OCH3 is 4. The van der Waals surface area contributed by atoms with Crippen molar-refractivity contribution in [1.29, 1.82) is 0 Å². The molecule has 8 N–H and O–H groups in total. The summed E-state index contributed by atoms with van der Waals surface area (Å²) >= 11 is 0. The van der Waals surface area contributed by atoms with E-state index in [9.17, 15) is 50.4 Å². The average molecular weight is 1270 g/mol. The van der Waals surface area contributed by atoms with Crippen molar-refractivity contribution in [2.75, 3.05) is 35.0 Å². The summed E-state index contributed by atoms with van der Waals surface area (Å²) in [6.07, 6.45) is -14.7. The number of ketones is 1. The van der Waals surface area contributed by atoms with Gasteiger partial charge in [0, 0.05) is 59.7 Å². The Hall–Kier alpha value is -3.04. The van der Waals surface area contributed by atoms with E-state index < -0.39 is 193 Å². The summed E-state index contributed by atoms with van der Waals surface area (Å²) in [6.45, 7) is 11.5. The number of benzene rings is 1. The third-order valence-corrected chi connectivity index (χ3v) is 21.8. The highest BCUT2D eigenvalue weighted by atomic mass is 16.8. The van der Waals surface area contributed by atoms with Crippen LogP contribution in [0.25, 0.3) is 6.08 Å². The van der Waals surface area contributed by atoms with Crippen molar-refractivity contribution in [3.63, 3.8) is 0 Å². The third-order valence-electron chi connectivity index (χ3n) is 21.8. The van der Waals surface area contributed by atoms with Crippen LogP contribution in [-0.2, 0) is 80.6 Å². The lowest BCUT2D eigenvalue weighted by molar-refractivity contribution is -0.374. The van der Waals surface area contributed by atoms with Crippen LogP contribution in [0.4, 0.5) is 0 Å². The van der Waals surface area contributed by atoms with Gasteiger partial charge in [0.15, 0.2) is 37.2 Å². The Morgan fingerprint density at radius 1 is 0.618 bits per heavy atom. The van der Waals surface area contributed by atoms with Gasteiger partial charge >= 0.3 is 5.97 Å². The molecule has 1 aromatic carbocycles. The van der Waals surface area contributed by atoms with Gasteiger partial charge in [-0.3, -0.25) is 4.79 Å². The van der Waals surface area contributed by atoms with E-state index >= 15 is 0 Å². The maximum atomic E-state index is 13.7. The molecule has 4 aliphatic carbocycles. The summed E-state index contributed by atoms with van der Waals surface area (Å²) in [6, 6.07) is 9.25. The molecule has 0 radical (unpaired) electrons. The first-order valence-electron chi connectivity index (χ1n) is 31.5. The number of carbonyl (C=O) groups excluding carboxylic acids is 2. The molecule has 502 valence electrons. The topological polar surface area (TPSA) is 334 Å². The van der Waals surface area contributed by atoms with Gasteiger partial charge in [-0.1, -0.05) is 48.9 Å². The smallest absolute Gasteiger partial charge is 0.331 e. The van der Waals surface area contributed by atoms with Crippen LogP contribution >= 0.6 is 0 Å². The van der Waals surface area contributed by atoms with Gasteiger partial charge in [-0.05, 0) is 104 Å². The molecule has 25 nitrogen and oxygen atoms in total. The molecule has 0 bridgehead atoms. The van der Waals surface area contributed by atoms with Crippen molar-refractivity contribution in [2.24, 2.45) is 16.7 Å². The summed E-state index contributed by atoms with van der Waals surface area (Å²) in [7, 11) is 6.10. The van der Waals surface area contributed by atoms with Crippen LogP contribution in [0, 0.1) is 16.7 Å². The van der Waals surface area contributed by atoms with E-state index in [2.05, 4.69) is 6.92 Å². The summed E-state index contributed by atoms with van der Waals surface area (Å²) in [4.78, 5) is 27.0. The fraction of sp³-hybridized carbons (Fsp3) is 0.812. The Labute approximate surface area is 520 Å². The fourth-order valence-electron chi connectivity index (χ4n) is 16.5. The molecule has 0 spiro atoms. The van der Waals surface area contributed by atoms with Gasteiger partial charge in [0.1, 0.15) is 83.9 Å². The fourth-order valence-corrected chi connectivity index (χ4v) is 16.5. The highest BCUT2D eigenvalue weighted by Gasteiger charge is 2.81. The number of carbonyl (C=O) groups is 2. The summed E-state index contributed by atoms with van der Waals surface area (Å²) < 4.78 is 93.6. The van der Waals surface area contributed by atoms with Crippen molar-refractivity contribution in [3.05, 3.63) is 53.6 Å². The molecule has 25 heteroatoms. The monoisotopic (exact) mass is 1260 g/mol. The van der Waals surface area contributed by atoms with Gasteiger partial charge in [-0.15, -0.1) is 0 Å². The average Bonchev–Trinajstić information content (AvgIpc) is 1.60. The highest BCUT2D eigenvalue weighted by molar-refractivity contribution is 5.89. The summed E-state index contributed by atoms with van der Waals surface area (Å²) in [5, 5.41) is 90.7. The molecule has 89 heavy (non-hydrogen) atoms. The highest BCUT2D eigenvalue weighted by Crippen LogP contribution is 2.71. The number of hydrogen-bond donors (Lipinski definition) is 8. The lowest BCUT2D eigenvalue weighted by Gasteiger charge is -2.67. The lowest BCUT2D eigenvalue weighted by Crippen LogP contribution is -2.78. The minimum absolute atomic E-state index is 0.0602. The van der Waals surface area contributed by atoms with Crippen LogP contribution in [-0.4, -0.2) is 252 Å². The first-order chi connectivity index (χ1) is 42.2. The number of Topliss-reactive ketones (excluding diaryl/α,β-unsaturated/α-hetero) is 1. The Bertz CT molecular complexity index is 2630. The van der Waals surface area contributed by atoms with E-state index in [4.69, 9.17) is 71.1 Å². The lowest BCUT2D eigenvalue weighted by atomic mass is 9.42. The molecular formula is C64H96O25. The zero-order chi connectivity index (χ0) is 64.3. The molecule has 10 rings (SSSR count). The van der Waals surface area contributed by atoms with Gasteiger partial charge in [-0.25, -0.2) is 4.79 Å². The van der Waals surface area contributed by atoms with E-state index in [1.165, 1.54) is 27.2 Å². The van der Waals surface area contributed by atoms with E-state index in [0.29, 0.717) is 32.1 Å². The predicted octanol–water partition coefficient (Wildman–Crippen LogP) is 2.03. The van der Waals surface area contributed by atoms with E-state index in [1.807, 2.05) is 50.3 Å². The van der Waals surface area contributed by atoms with E-state index in [0.717, 1.165) is 11.1 Å². The molecule has 9 aliphatic rings. The first kappa shape index (κ1) is 68.8. The predicted molar refractivity (Wildman–Crippen MR) is 310 cm³/mol. The van der Waals surface area contributed by atoms with Crippen molar-refractivity contribution >= 4 is 17.8 Å². The number of esters is 1. The zero-order valence-electron chi connectivity index (χ0n) is 52.8. The third kappa shape index (κ3) is 12.5. The molecule has 3 saturated carbocycles. The van der Waals surface area contributed by atoms with E-state index in [-0.39, 0.29) is 38.2 Å². The second-order valence-electron chi connectivity index (χ2n) is 26.6. The van der Waals surface area contributed by atoms with Crippen LogP contribution in [0.5, 0.6) is 0 Å². The largest absolute Gasteiger partial charge is 0.458 e. The second-order valence-corrected chi connectivity index (χ2v) is 26.6. The molecule has 5 heterocycles. The second kappa shape index (κ2) is 27.4. The van der Waals surface area contributed by atoms with Crippen LogP contribution in [0.2, 0.25) is 0 Å². The van der Waals surface area contributed by atoms with Gasteiger partial charge < -0.3 is 112 Å². The molecule has 30 atom stereocenters. The number of hydrogen-bond acceptors (Lipinski definition) is 25. The van der Waals surface area contributed by atoms with Crippen LogP contribution < -0.4 is 0 Å². The van der Waals surface area contributed by atoms with Crippen molar-refractivity contribution in [3.8, 4) is 0 Å².